The highest BCUT2D eigenvalue weighted by Crippen LogP contribution is 2.40. The minimum absolute atomic E-state index is 0.0104. The van der Waals surface area contributed by atoms with Crippen LogP contribution in [0.3, 0.4) is 0 Å². The summed E-state index contributed by atoms with van der Waals surface area (Å²) >= 11 is 3.29. The maximum atomic E-state index is 11.7. The van der Waals surface area contributed by atoms with Crippen LogP contribution in [0.2, 0.25) is 0 Å². The number of thiophene rings is 1. The molecule has 2 aromatic rings. The quantitative estimate of drug-likeness (QED) is 0.523. The molecule has 2 aromatic heterocycles. The lowest BCUT2D eigenvalue weighted by Gasteiger charge is -2.05. The molecule has 0 bridgehead atoms. The van der Waals surface area contributed by atoms with E-state index in [1.54, 1.807) is 17.4 Å². The molecular formula is C15H17N3OS2. The third kappa shape index (κ3) is 2.96. The molecule has 0 saturated carbocycles. The van der Waals surface area contributed by atoms with Crippen molar-refractivity contribution < 1.29 is 4.79 Å². The molecule has 0 radical (unpaired) electrons. The maximum Gasteiger partial charge on any atom is 0.230 e. The van der Waals surface area contributed by atoms with E-state index >= 15 is 0 Å². The fourth-order valence-electron chi connectivity index (χ4n) is 2.54. The van der Waals surface area contributed by atoms with Gasteiger partial charge in [-0.2, -0.15) is 0 Å². The molecule has 0 fully saturated rings. The van der Waals surface area contributed by atoms with Crippen molar-refractivity contribution in [1.29, 1.82) is 0 Å². The Hall–Kier alpha value is -1.40. The number of aryl methyl sites for hydroxylation is 3. The maximum absolute atomic E-state index is 11.7. The van der Waals surface area contributed by atoms with Crippen LogP contribution >= 0.6 is 23.1 Å². The van der Waals surface area contributed by atoms with Crippen LogP contribution in [-0.2, 0) is 17.6 Å². The molecule has 0 unspecified atom stereocenters. The van der Waals surface area contributed by atoms with E-state index in [9.17, 15) is 4.79 Å². The second-order valence-corrected chi connectivity index (χ2v) is 7.04. The molecule has 2 heterocycles. The summed E-state index contributed by atoms with van der Waals surface area (Å²) in [6, 6.07) is 0. The molecule has 1 amide bonds. The van der Waals surface area contributed by atoms with Gasteiger partial charge in [0.05, 0.1) is 5.75 Å². The number of carbonyl (C=O) groups excluding carboxylic acids is 1. The number of aromatic nitrogens is 2. The summed E-state index contributed by atoms with van der Waals surface area (Å²) in [5.41, 5.74) is 1.41. The molecule has 6 heteroatoms. The van der Waals surface area contributed by atoms with Crippen molar-refractivity contribution in [3.63, 3.8) is 0 Å². The lowest BCUT2D eigenvalue weighted by Crippen LogP contribution is -2.24. The van der Waals surface area contributed by atoms with Crippen molar-refractivity contribution in [1.82, 2.24) is 15.3 Å². The Morgan fingerprint density at radius 2 is 2.33 bits per heavy atom. The second-order valence-electron chi connectivity index (χ2n) is 4.99. The van der Waals surface area contributed by atoms with Crippen LogP contribution in [0.1, 0.15) is 22.7 Å². The van der Waals surface area contributed by atoms with Crippen molar-refractivity contribution in [2.45, 2.75) is 31.2 Å². The molecule has 110 valence electrons. The molecule has 0 spiro atoms. The minimum atomic E-state index is 0.0104. The van der Waals surface area contributed by atoms with Crippen LogP contribution in [0.25, 0.3) is 10.2 Å². The molecule has 0 aromatic carbocycles. The van der Waals surface area contributed by atoms with Gasteiger partial charge in [0.2, 0.25) is 5.91 Å². The largest absolute Gasteiger partial charge is 0.352 e. The zero-order valence-corrected chi connectivity index (χ0v) is 13.6. The Bertz CT molecular complexity index is 708. The van der Waals surface area contributed by atoms with Gasteiger partial charge in [0, 0.05) is 16.8 Å². The predicted octanol–water partition coefficient (Wildman–Crippen LogP) is 2.88. The smallest absolute Gasteiger partial charge is 0.230 e. The Balaban J connectivity index is 1.87. The van der Waals surface area contributed by atoms with Crippen molar-refractivity contribution in [2.75, 3.05) is 12.3 Å². The first-order chi connectivity index (χ1) is 10.2. The molecule has 0 aliphatic heterocycles. The molecule has 4 nitrogen and oxygen atoms in total. The summed E-state index contributed by atoms with van der Waals surface area (Å²) in [5.74, 6) is 1.16. The van der Waals surface area contributed by atoms with Crippen LogP contribution in [0.4, 0.5) is 0 Å². The first kappa shape index (κ1) is 14.5. The Morgan fingerprint density at radius 3 is 3.14 bits per heavy atom. The standard InChI is InChI=1S/C15H17N3OS2/c1-3-7-16-12(19)8-20-14-13-10-5-4-6-11(10)21-15(13)18-9(2)17-14/h3H,1,4-8H2,2H3,(H,16,19). The summed E-state index contributed by atoms with van der Waals surface area (Å²) in [5, 5.41) is 4.92. The van der Waals surface area contributed by atoms with E-state index in [-0.39, 0.29) is 5.91 Å². The topological polar surface area (TPSA) is 54.9 Å². The average molecular weight is 319 g/mol. The number of rotatable bonds is 5. The molecule has 21 heavy (non-hydrogen) atoms. The molecule has 0 atom stereocenters. The van der Waals surface area contributed by atoms with Gasteiger partial charge in [-0.15, -0.1) is 17.9 Å². The van der Waals surface area contributed by atoms with Crippen molar-refractivity contribution in [3.05, 3.63) is 28.9 Å². The van der Waals surface area contributed by atoms with Gasteiger partial charge < -0.3 is 5.32 Å². The van der Waals surface area contributed by atoms with Gasteiger partial charge in [0.15, 0.2) is 0 Å². The zero-order valence-electron chi connectivity index (χ0n) is 11.9. The number of nitrogens with zero attached hydrogens (tertiary/aromatic N) is 2. The highest BCUT2D eigenvalue weighted by molar-refractivity contribution is 8.00. The highest BCUT2D eigenvalue weighted by atomic mass is 32.2. The van der Waals surface area contributed by atoms with Crippen molar-refractivity contribution in [3.8, 4) is 0 Å². The van der Waals surface area contributed by atoms with Gasteiger partial charge in [0.1, 0.15) is 15.7 Å². The molecule has 1 N–H and O–H groups in total. The summed E-state index contributed by atoms with van der Waals surface area (Å²) in [6.07, 6.45) is 5.16. The third-order valence-corrected chi connectivity index (χ3v) is 5.59. The number of hydrogen-bond acceptors (Lipinski definition) is 5. The van der Waals surface area contributed by atoms with E-state index in [2.05, 4.69) is 21.9 Å². The second kappa shape index (κ2) is 6.15. The molecule has 0 saturated heterocycles. The normalized spacial score (nSPS) is 13.4. The van der Waals surface area contributed by atoms with Gasteiger partial charge >= 0.3 is 0 Å². The summed E-state index contributed by atoms with van der Waals surface area (Å²) in [4.78, 5) is 23.4. The fraction of sp³-hybridized carbons (Fsp3) is 0.400. The monoisotopic (exact) mass is 319 g/mol. The van der Waals surface area contributed by atoms with Crippen LogP contribution in [-0.4, -0.2) is 28.2 Å². The first-order valence-electron chi connectivity index (χ1n) is 6.98. The molecule has 1 aliphatic carbocycles. The third-order valence-electron chi connectivity index (χ3n) is 3.43. The number of thioether (sulfide) groups is 1. The van der Waals surface area contributed by atoms with Crippen molar-refractivity contribution in [2.24, 2.45) is 0 Å². The number of nitrogens with one attached hydrogen (secondary N) is 1. The van der Waals surface area contributed by atoms with E-state index in [0.717, 1.165) is 28.5 Å². The molecule has 3 rings (SSSR count). The zero-order chi connectivity index (χ0) is 14.8. The van der Waals surface area contributed by atoms with Gasteiger partial charge in [-0.25, -0.2) is 9.97 Å². The summed E-state index contributed by atoms with van der Waals surface area (Å²) in [7, 11) is 0. The lowest BCUT2D eigenvalue weighted by atomic mass is 10.2. The predicted molar refractivity (Wildman–Crippen MR) is 88.1 cm³/mol. The minimum Gasteiger partial charge on any atom is -0.352 e. The van der Waals surface area contributed by atoms with Crippen LogP contribution in [0.5, 0.6) is 0 Å². The molecular weight excluding hydrogens is 302 g/mol. The van der Waals surface area contributed by atoms with E-state index in [1.807, 2.05) is 6.92 Å². The SMILES string of the molecule is C=CCNC(=O)CSc1nc(C)nc2sc3c(c12)CCC3. The average Bonchev–Trinajstić information content (AvgIpc) is 3.02. The van der Waals surface area contributed by atoms with E-state index < -0.39 is 0 Å². The van der Waals surface area contributed by atoms with Gasteiger partial charge in [0.25, 0.3) is 0 Å². The van der Waals surface area contributed by atoms with E-state index in [0.29, 0.717) is 12.3 Å². The van der Waals surface area contributed by atoms with Gasteiger partial charge in [-0.3, -0.25) is 4.79 Å². The molecule has 1 aliphatic rings. The Labute approximate surface area is 132 Å². The van der Waals surface area contributed by atoms with E-state index in [1.165, 1.54) is 34.0 Å². The van der Waals surface area contributed by atoms with Gasteiger partial charge in [-0.05, 0) is 31.7 Å². The Kier molecular flexibility index (Phi) is 4.26. The van der Waals surface area contributed by atoms with Crippen LogP contribution < -0.4 is 5.32 Å². The van der Waals surface area contributed by atoms with E-state index in [4.69, 9.17) is 0 Å². The number of fused-ring (bicyclic) bond motifs is 3. The summed E-state index contributed by atoms with van der Waals surface area (Å²) in [6.45, 7) is 6.01. The first-order valence-corrected chi connectivity index (χ1v) is 8.78. The highest BCUT2D eigenvalue weighted by Gasteiger charge is 2.22. The number of amides is 1. The summed E-state index contributed by atoms with van der Waals surface area (Å²) < 4.78 is 0. The van der Waals surface area contributed by atoms with Gasteiger partial charge in [-0.1, -0.05) is 17.8 Å². The van der Waals surface area contributed by atoms with Crippen LogP contribution in [0, 0.1) is 6.92 Å². The lowest BCUT2D eigenvalue weighted by molar-refractivity contribution is -0.118. The number of carbonyl (C=O) groups is 1. The number of hydrogen-bond donors (Lipinski definition) is 1. The fourth-order valence-corrected chi connectivity index (χ4v) is 4.84. The van der Waals surface area contributed by atoms with Crippen molar-refractivity contribution >= 4 is 39.2 Å². The Morgan fingerprint density at radius 1 is 1.48 bits per heavy atom. The van der Waals surface area contributed by atoms with Crippen LogP contribution in [0.15, 0.2) is 17.7 Å².